The van der Waals surface area contributed by atoms with Gasteiger partial charge in [0.2, 0.25) is 5.34 Å². The first-order valence-electron chi connectivity index (χ1n) is 13.4. The summed E-state index contributed by atoms with van der Waals surface area (Å²) in [5, 5.41) is 8.63. The molecule has 0 spiro atoms. The fourth-order valence-corrected chi connectivity index (χ4v) is 5.20. The third-order valence-corrected chi connectivity index (χ3v) is 7.45. The molecule has 1 atom stereocenters. The Hall–Kier alpha value is -0.450. The second-order valence-electron chi connectivity index (χ2n) is 10.7. The fourth-order valence-electron chi connectivity index (χ4n) is 4.15. The Balaban J connectivity index is 3.62. The normalized spacial score (nSPS) is 15.0. The Bertz CT molecular complexity index is 565. The topological polar surface area (TPSA) is 77.8 Å². The molecule has 0 bridgehead atoms. The molecule has 0 saturated heterocycles. The van der Waals surface area contributed by atoms with Gasteiger partial charge in [0.25, 0.3) is 0 Å². The van der Waals surface area contributed by atoms with Crippen LogP contribution >= 0.6 is 7.60 Å². The van der Waals surface area contributed by atoms with E-state index >= 15 is 0 Å². The second kappa shape index (κ2) is 18.8. The second-order valence-corrected chi connectivity index (χ2v) is 12.6. The molecule has 0 aromatic heterocycles. The van der Waals surface area contributed by atoms with E-state index in [-0.39, 0.29) is 13.0 Å². The van der Waals surface area contributed by atoms with Crippen molar-refractivity contribution in [3.8, 4) is 0 Å². The number of hydrogen-bond acceptors (Lipinski definition) is 2. The molecule has 1 unspecified atom stereocenters. The highest BCUT2D eigenvalue weighted by Gasteiger charge is 2.48. The zero-order valence-electron chi connectivity index (χ0n) is 22.2. The van der Waals surface area contributed by atoms with E-state index in [0.717, 1.165) is 32.1 Å². The molecule has 0 aromatic rings. The van der Waals surface area contributed by atoms with Crippen molar-refractivity contribution in [2.75, 3.05) is 27.7 Å². The predicted octanol–water partition coefficient (Wildman–Crippen LogP) is 7.32. The highest BCUT2D eigenvalue weighted by atomic mass is 31.2. The number of quaternary nitrogens is 1. The van der Waals surface area contributed by atoms with Crippen LogP contribution < -0.4 is 0 Å². The molecule has 0 fully saturated rings. The number of likely N-dealkylation sites (N-methyl/N-ethyl adjacent to an activating group) is 1. The van der Waals surface area contributed by atoms with Gasteiger partial charge in [0.1, 0.15) is 6.54 Å². The third-order valence-electron chi connectivity index (χ3n) is 6.00. The molecule has 0 aliphatic carbocycles. The lowest BCUT2D eigenvalue weighted by molar-refractivity contribution is -0.875. The molecule has 5 nitrogen and oxygen atoms in total. The van der Waals surface area contributed by atoms with Gasteiger partial charge in [-0.05, 0) is 57.8 Å². The summed E-state index contributed by atoms with van der Waals surface area (Å²) in [5.74, 6) is 0. The monoisotopic (exact) mass is 488 g/mol. The quantitative estimate of drug-likeness (QED) is 0.0645. The van der Waals surface area contributed by atoms with E-state index in [9.17, 15) is 19.5 Å². The maximum absolute atomic E-state index is 11.8. The number of aliphatic hydroxyl groups is 1. The van der Waals surface area contributed by atoms with E-state index < -0.39 is 12.9 Å². The van der Waals surface area contributed by atoms with E-state index in [0.29, 0.717) is 10.9 Å². The van der Waals surface area contributed by atoms with Crippen LogP contribution in [0.2, 0.25) is 0 Å². The van der Waals surface area contributed by atoms with Crippen LogP contribution in [0.15, 0.2) is 24.3 Å². The number of rotatable bonds is 22. The maximum Gasteiger partial charge on any atom is 0.362 e. The van der Waals surface area contributed by atoms with E-state index in [4.69, 9.17) is 0 Å². The molecule has 33 heavy (non-hydrogen) atoms. The van der Waals surface area contributed by atoms with Crippen LogP contribution in [0.25, 0.3) is 0 Å². The minimum Gasteiger partial charge on any atom is -0.373 e. The average Bonchev–Trinajstić information content (AvgIpc) is 2.70. The van der Waals surface area contributed by atoms with E-state index in [1.165, 1.54) is 64.2 Å². The van der Waals surface area contributed by atoms with Gasteiger partial charge in [0.15, 0.2) is 0 Å². The summed E-state index contributed by atoms with van der Waals surface area (Å²) in [6.07, 6.45) is 28.4. The van der Waals surface area contributed by atoms with Crippen LogP contribution in [0.3, 0.4) is 0 Å². The minimum absolute atomic E-state index is 0.0544. The summed E-state index contributed by atoms with van der Waals surface area (Å²) >= 11 is 0. The lowest BCUT2D eigenvalue weighted by Crippen LogP contribution is -2.49. The lowest BCUT2D eigenvalue weighted by atomic mass is 10.1. The van der Waals surface area contributed by atoms with Gasteiger partial charge in [0, 0.05) is 0 Å². The summed E-state index contributed by atoms with van der Waals surface area (Å²) in [4.78, 5) is 19.2. The number of unbranched alkanes of at least 4 members (excludes halogenated alkanes) is 13. The van der Waals surface area contributed by atoms with Crippen molar-refractivity contribution < 1.29 is 23.9 Å². The SMILES string of the molecule is CCC/C=C\CCCCCCCC/C=C\CCCCCCCC(O)(C[N+](C)(C)C)P(=O)(O)O. The zero-order chi connectivity index (χ0) is 25.1. The van der Waals surface area contributed by atoms with Crippen LogP contribution in [-0.4, -0.2) is 52.4 Å². The zero-order valence-corrected chi connectivity index (χ0v) is 23.1. The number of hydrogen-bond donors (Lipinski definition) is 3. The van der Waals surface area contributed by atoms with Crippen molar-refractivity contribution in [2.24, 2.45) is 0 Å². The standard InChI is InChI=1S/C27H54NO4P/c1-5-6-7-8-9-10-11-12-13-14-15-16-17-18-19-20-21-22-23-24-25-27(29,33(30,31)32)26-28(2,3)4/h7-8,17-18,29H,5-6,9-16,19-26H2,1-4H3,(H-,30,31,32)/p+1/b8-7-,18-17-. The van der Waals surface area contributed by atoms with Crippen LogP contribution in [-0.2, 0) is 4.57 Å². The molecule has 196 valence electrons. The van der Waals surface area contributed by atoms with E-state index in [1.54, 1.807) is 0 Å². The van der Waals surface area contributed by atoms with Crippen molar-refractivity contribution in [3.63, 3.8) is 0 Å². The van der Waals surface area contributed by atoms with Gasteiger partial charge in [-0.3, -0.25) is 4.57 Å². The van der Waals surface area contributed by atoms with Gasteiger partial charge < -0.3 is 19.4 Å². The smallest absolute Gasteiger partial charge is 0.362 e. The van der Waals surface area contributed by atoms with Crippen molar-refractivity contribution in [2.45, 2.75) is 121 Å². The summed E-state index contributed by atoms with van der Waals surface area (Å²) in [7, 11) is 0.959. The molecule has 0 rings (SSSR count). The van der Waals surface area contributed by atoms with Gasteiger partial charge in [-0.25, -0.2) is 0 Å². The van der Waals surface area contributed by atoms with E-state index in [1.807, 2.05) is 21.1 Å². The predicted molar refractivity (Wildman–Crippen MR) is 142 cm³/mol. The van der Waals surface area contributed by atoms with Gasteiger partial charge in [-0.15, -0.1) is 0 Å². The third kappa shape index (κ3) is 19.5. The van der Waals surface area contributed by atoms with Crippen molar-refractivity contribution in [1.29, 1.82) is 0 Å². The van der Waals surface area contributed by atoms with Crippen LogP contribution in [0.1, 0.15) is 116 Å². The van der Waals surface area contributed by atoms with Gasteiger partial charge in [-0.2, -0.15) is 0 Å². The largest absolute Gasteiger partial charge is 0.373 e. The highest BCUT2D eigenvalue weighted by Crippen LogP contribution is 2.52. The van der Waals surface area contributed by atoms with Crippen LogP contribution in [0, 0.1) is 0 Å². The molecular formula is C27H55NO4P+. The molecule has 0 aromatic carbocycles. The number of allylic oxidation sites excluding steroid dienone is 4. The Morgan fingerprint density at radius 1 is 0.667 bits per heavy atom. The van der Waals surface area contributed by atoms with Crippen molar-refractivity contribution >= 4 is 7.60 Å². The molecule has 0 amide bonds. The molecule has 0 heterocycles. The molecule has 0 radical (unpaired) electrons. The summed E-state index contributed by atoms with van der Waals surface area (Å²) in [6.45, 7) is 2.28. The lowest BCUT2D eigenvalue weighted by Gasteiger charge is -2.35. The minimum atomic E-state index is -4.55. The summed E-state index contributed by atoms with van der Waals surface area (Å²) < 4.78 is 12.1. The van der Waals surface area contributed by atoms with Gasteiger partial charge in [0.05, 0.1) is 21.1 Å². The molecule has 3 N–H and O–H groups in total. The summed E-state index contributed by atoms with van der Waals surface area (Å²) in [6, 6.07) is 0. The highest BCUT2D eigenvalue weighted by molar-refractivity contribution is 7.53. The average molecular weight is 489 g/mol. The molecule has 0 aliphatic rings. The van der Waals surface area contributed by atoms with Gasteiger partial charge >= 0.3 is 7.60 Å². The Morgan fingerprint density at radius 2 is 1.03 bits per heavy atom. The molecule has 6 heteroatoms. The Labute approximate surface area is 205 Å². The Morgan fingerprint density at radius 3 is 1.39 bits per heavy atom. The molecule has 0 aliphatic heterocycles. The van der Waals surface area contributed by atoms with Crippen molar-refractivity contribution in [1.82, 2.24) is 0 Å². The molecule has 0 saturated carbocycles. The van der Waals surface area contributed by atoms with Crippen molar-refractivity contribution in [3.05, 3.63) is 24.3 Å². The van der Waals surface area contributed by atoms with Crippen LogP contribution in [0.5, 0.6) is 0 Å². The first-order chi connectivity index (χ1) is 15.5. The first kappa shape index (κ1) is 32.5. The van der Waals surface area contributed by atoms with E-state index in [2.05, 4.69) is 31.2 Å². The Kier molecular flexibility index (Phi) is 18.6. The first-order valence-corrected chi connectivity index (χ1v) is 15.0. The maximum atomic E-state index is 11.8. The van der Waals surface area contributed by atoms with Gasteiger partial charge in [-0.1, -0.05) is 82.6 Å². The number of nitrogens with zero attached hydrogens (tertiary/aromatic N) is 1. The summed E-state index contributed by atoms with van der Waals surface area (Å²) in [5.41, 5.74) is 0. The fraction of sp³-hybridized carbons (Fsp3) is 0.852. The van der Waals surface area contributed by atoms with Crippen LogP contribution in [0.4, 0.5) is 0 Å². The molecular weight excluding hydrogens is 433 g/mol.